The first-order chi connectivity index (χ1) is 9.60. The Kier molecular flexibility index (Phi) is 5.08. The van der Waals surface area contributed by atoms with E-state index in [1.54, 1.807) is 7.05 Å². The summed E-state index contributed by atoms with van der Waals surface area (Å²) in [6.45, 7) is 5.40. The Morgan fingerprint density at radius 1 is 1.45 bits per heavy atom. The third-order valence-corrected chi connectivity index (χ3v) is 3.35. The molecule has 2 aromatic rings. The Morgan fingerprint density at radius 2 is 2.25 bits per heavy atom. The molecule has 0 spiro atoms. The summed E-state index contributed by atoms with van der Waals surface area (Å²) >= 11 is 3.49. The Morgan fingerprint density at radius 3 is 2.90 bits per heavy atom. The van der Waals surface area contributed by atoms with Crippen molar-refractivity contribution in [3.05, 3.63) is 34.1 Å². The van der Waals surface area contributed by atoms with Gasteiger partial charge in [-0.3, -0.25) is 0 Å². The molecule has 0 aliphatic rings. The number of benzene rings is 1. The summed E-state index contributed by atoms with van der Waals surface area (Å²) in [5, 5.41) is 15.2. The van der Waals surface area contributed by atoms with Gasteiger partial charge in [0.1, 0.15) is 5.75 Å². The first-order valence-electron chi connectivity index (χ1n) is 6.48. The lowest BCUT2D eigenvalue weighted by atomic mass is 10.1. The highest BCUT2D eigenvalue weighted by molar-refractivity contribution is 9.10. The summed E-state index contributed by atoms with van der Waals surface area (Å²) in [7, 11) is 1.73. The van der Waals surface area contributed by atoms with Gasteiger partial charge >= 0.3 is 0 Å². The van der Waals surface area contributed by atoms with Crippen LogP contribution in [0.25, 0.3) is 0 Å². The molecule has 0 saturated carbocycles. The summed E-state index contributed by atoms with van der Waals surface area (Å²) < 4.78 is 6.85. The Hall–Kier alpha value is -1.47. The van der Waals surface area contributed by atoms with Gasteiger partial charge in [0, 0.05) is 16.1 Å². The molecule has 7 heteroatoms. The predicted molar refractivity (Wildman–Crippen MR) is 79.4 cm³/mol. The van der Waals surface area contributed by atoms with Gasteiger partial charge in [-0.2, -0.15) is 4.80 Å². The third kappa shape index (κ3) is 3.77. The van der Waals surface area contributed by atoms with E-state index in [4.69, 9.17) is 4.74 Å². The number of halogens is 1. The summed E-state index contributed by atoms with van der Waals surface area (Å²) in [4.78, 5) is 1.42. The predicted octanol–water partition coefficient (Wildman–Crippen LogP) is 2.22. The molecule has 0 radical (unpaired) electrons. The number of hydrogen-bond donors (Lipinski definition) is 1. The van der Waals surface area contributed by atoms with Crippen LogP contribution in [0.1, 0.15) is 31.3 Å². The first-order valence-corrected chi connectivity index (χ1v) is 7.28. The van der Waals surface area contributed by atoms with Crippen LogP contribution in [-0.4, -0.2) is 26.8 Å². The van der Waals surface area contributed by atoms with Crippen molar-refractivity contribution < 1.29 is 4.74 Å². The highest BCUT2D eigenvalue weighted by Crippen LogP contribution is 2.29. The molecule has 0 fully saturated rings. The lowest BCUT2D eigenvalue weighted by Crippen LogP contribution is -2.18. The number of ether oxygens (including phenoxy) is 1. The number of tetrazole rings is 1. The van der Waals surface area contributed by atoms with Crippen LogP contribution >= 0.6 is 15.9 Å². The van der Waals surface area contributed by atoms with Crippen LogP contribution in [0.15, 0.2) is 22.7 Å². The molecule has 0 aliphatic heterocycles. The number of nitrogens with one attached hydrogen (secondary N) is 1. The molecular weight excluding hydrogens is 322 g/mol. The standard InChI is InChI=1S/C13H18BrN5O/c1-4-15-9(2)11-7-10(14)5-6-12(11)20-8-13-16-18-19(3)17-13/h5-7,9,15H,4,8H2,1-3H3. The molecule has 1 aromatic carbocycles. The molecule has 0 aliphatic carbocycles. The van der Waals surface area contributed by atoms with Gasteiger partial charge in [-0.05, 0) is 36.9 Å². The highest BCUT2D eigenvalue weighted by Gasteiger charge is 2.12. The maximum Gasteiger partial charge on any atom is 0.212 e. The van der Waals surface area contributed by atoms with E-state index >= 15 is 0 Å². The van der Waals surface area contributed by atoms with Crippen molar-refractivity contribution in [1.29, 1.82) is 0 Å². The molecule has 108 valence electrons. The van der Waals surface area contributed by atoms with Gasteiger partial charge in [0.2, 0.25) is 5.82 Å². The largest absolute Gasteiger partial charge is 0.485 e. The monoisotopic (exact) mass is 339 g/mol. The average Bonchev–Trinajstić information content (AvgIpc) is 2.83. The Balaban J connectivity index is 2.13. The number of hydrogen-bond acceptors (Lipinski definition) is 5. The molecule has 1 atom stereocenters. The van der Waals surface area contributed by atoms with Gasteiger partial charge in [-0.1, -0.05) is 22.9 Å². The minimum atomic E-state index is 0.210. The van der Waals surface area contributed by atoms with Crippen LogP contribution in [0, 0.1) is 0 Å². The summed E-state index contributed by atoms with van der Waals surface area (Å²) in [5.41, 5.74) is 1.10. The summed E-state index contributed by atoms with van der Waals surface area (Å²) in [6, 6.07) is 6.18. The average molecular weight is 340 g/mol. The molecule has 2 rings (SSSR count). The van der Waals surface area contributed by atoms with Crippen LogP contribution in [0.5, 0.6) is 5.75 Å². The lowest BCUT2D eigenvalue weighted by molar-refractivity contribution is 0.289. The van der Waals surface area contributed by atoms with E-state index < -0.39 is 0 Å². The minimum absolute atomic E-state index is 0.210. The summed E-state index contributed by atoms with van der Waals surface area (Å²) in [6.07, 6.45) is 0. The molecule has 1 unspecified atom stereocenters. The fraction of sp³-hybridized carbons (Fsp3) is 0.462. The number of aryl methyl sites for hydroxylation is 1. The topological polar surface area (TPSA) is 64.9 Å². The van der Waals surface area contributed by atoms with Crippen molar-refractivity contribution in [3.63, 3.8) is 0 Å². The molecule has 1 N–H and O–H groups in total. The molecule has 20 heavy (non-hydrogen) atoms. The third-order valence-electron chi connectivity index (χ3n) is 2.86. The number of rotatable bonds is 6. The van der Waals surface area contributed by atoms with Gasteiger partial charge in [0.05, 0.1) is 7.05 Å². The van der Waals surface area contributed by atoms with E-state index in [9.17, 15) is 0 Å². The smallest absolute Gasteiger partial charge is 0.212 e. The fourth-order valence-electron chi connectivity index (χ4n) is 1.93. The fourth-order valence-corrected chi connectivity index (χ4v) is 2.31. The van der Waals surface area contributed by atoms with Gasteiger partial charge < -0.3 is 10.1 Å². The van der Waals surface area contributed by atoms with E-state index in [1.165, 1.54) is 4.80 Å². The lowest BCUT2D eigenvalue weighted by Gasteiger charge is -2.17. The second kappa shape index (κ2) is 6.81. The zero-order chi connectivity index (χ0) is 14.5. The Labute approximate surface area is 126 Å². The van der Waals surface area contributed by atoms with Crippen molar-refractivity contribution in [3.8, 4) is 5.75 Å². The van der Waals surface area contributed by atoms with Crippen LogP contribution < -0.4 is 10.1 Å². The zero-order valence-corrected chi connectivity index (χ0v) is 13.4. The number of nitrogens with zero attached hydrogens (tertiary/aromatic N) is 4. The van der Waals surface area contributed by atoms with Crippen molar-refractivity contribution >= 4 is 15.9 Å². The first kappa shape index (κ1) is 14.9. The van der Waals surface area contributed by atoms with E-state index in [0.29, 0.717) is 12.4 Å². The van der Waals surface area contributed by atoms with Gasteiger partial charge in [-0.15, -0.1) is 10.2 Å². The minimum Gasteiger partial charge on any atom is -0.485 e. The van der Waals surface area contributed by atoms with Crippen molar-refractivity contribution in [2.24, 2.45) is 7.05 Å². The van der Waals surface area contributed by atoms with E-state index in [1.807, 2.05) is 12.1 Å². The maximum atomic E-state index is 5.82. The van der Waals surface area contributed by atoms with E-state index in [2.05, 4.69) is 56.6 Å². The normalized spacial score (nSPS) is 12.4. The molecular formula is C13H18BrN5O. The SMILES string of the molecule is CCNC(C)c1cc(Br)ccc1OCc1nnn(C)n1. The van der Waals surface area contributed by atoms with E-state index in [-0.39, 0.29) is 6.04 Å². The number of aromatic nitrogens is 4. The van der Waals surface area contributed by atoms with Crippen LogP contribution in [0.3, 0.4) is 0 Å². The van der Waals surface area contributed by atoms with Crippen LogP contribution in [-0.2, 0) is 13.7 Å². The molecule has 0 amide bonds. The van der Waals surface area contributed by atoms with Crippen molar-refractivity contribution in [2.45, 2.75) is 26.5 Å². The second-order valence-electron chi connectivity index (χ2n) is 4.45. The van der Waals surface area contributed by atoms with Crippen molar-refractivity contribution in [1.82, 2.24) is 25.5 Å². The highest BCUT2D eigenvalue weighted by atomic mass is 79.9. The molecule has 0 bridgehead atoms. The molecule has 1 aromatic heterocycles. The molecule has 6 nitrogen and oxygen atoms in total. The van der Waals surface area contributed by atoms with Gasteiger partial charge in [0.25, 0.3) is 0 Å². The van der Waals surface area contributed by atoms with Crippen LogP contribution in [0.2, 0.25) is 0 Å². The summed E-state index contributed by atoms with van der Waals surface area (Å²) in [5.74, 6) is 1.39. The van der Waals surface area contributed by atoms with Crippen LogP contribution in [0.4, 0.5) is 0 Å². The second-order valence-corrected chi connectivity index (χ2v) is 5.36. The van der Waals surface area contributed by atoms with Crippen molar-refractivity contribution in [2.75, 3.05) is 6.54 Å². The van der Waals surface area contributed by atoms with Gasteiger partial charge in [-0.25, -0.2) is 0 Å². The van der Waals surface area contributed by atoms with E-state index in [0.717, 1.165) is 22.3 Å². The maximum absolute atomic E-state index is 5.82. The zero-order valence-electron chi connectivity index (χ0n) is 11.8. The quantitative estimate of drug-likeness (QED) is 0.874. The Bertz CT molecular complexity index is 572. The molecule has 1 heterocycles. The molecule has 0 saturated heterocycles. The van der Waals surface area contributed by atoms with Gasteiger partial charge in [0.15, 0.2) is 6.61 Å².